The summed E-state index contributed by atoms with van der Waals surface area (Å²) in [4.78, 5) is 0. The van der Waals surface area contributed by atoms with Crippen molar-refractivity contribution in [1.82, 2.24) is 5.32 Å². The van der Waals surface area contributed by atoms with Gasteiger partial charge < -0.3 is 5.32 Å². The van der Waals surface area contributed by atoms with Crippen LogP contribution < -0.4 is 5.32 Å². The van der Waals surface area contributed by atoms with E-state index < -0.39 is 0 Å². The first-order chi connectivity index (χ1) is 8.33. The molecule has 0 spiro atoms. The van der Waals surface area contributed by atoms with E-state index >= 15 is 0 Å². The lowest BCUT2D eigenvalue weighted by Gasteiger charge is -2.25. The zero-order valence-electron chi connectivity index (χ0n) is 12.3. The molecule has 0 aliphatic heterocycles. The van der Waals surface area contributed by atoms with Crippen LogP contribution in [0.25, 0.3) is 0 Å². The van der Waals surface area contributed by atoms with E-state index in [0.29, 0.717) is 11.5 Å². The number of benzene rings is 1. The van der Waals surface area contributed by atoms with Crippen molar-refractivity contribution in [2.24, 2.45) is 5.41 Å². The van der Waals surface area contributed by atoms with Crippen LogP contribution in [0.4, 0.5) is 0 Å². The molecule has 0 bridgehead atoms. The lowest BCUT2D eigenvalue weighted by molar-refractivity contribution is 0.334. The third-order valence-corrected chi connectivity index (χ3v) is 3.49. The van der Waals surface area contributed by atoms with Crippen molar-refractivity contribution < 1.29 is 0 Å². The van der Waals surface area contributed by atoms with Gasteiger partial charge in [0.1, 0.15) is 0 Å². The second kappa shape index (κ2) is 6.58. The highest BCUT2D eigenvalue weighted by Gasteiger charge is 2.18. The average molecular weight is 268 g/mol. The van der Waals surface area contributed by atoms with Gasteiger partial charge in [0.15, 0.2) is 0 Å². The largest absolute Gasteiger partial charge is 0.310 e. The predicted octanol–water partition coefficient (Wildman–Crippen LogP) is 5.13. The lowest BCUT2D eigenvalue weighted by Crippen LogP contribution is -2.23. The molecule has 2 heteroatoms. The number of aryl methyl sites for hydroxylation is 1. The van der Waals surface area contributed by atoms with E-state index in [1.54, 1.807) is 0 Å². The Morgan fingerprint density at radius 2 is 1.94 bits per heavy atom. The Balaban J connectivity index is 2.83. The van der Waals surface area contributed by atoms with E-state index in [1.807, 2.05) is 0 Å². The Bertz CT molecular complexity index is 379. The fraction of sp³-hybridized carbons (Fsp3) is 0.625. The first-order valence-corrected chi connectivity index (χ1v) is 7.20. The molecule has 0 aliphatic rings. The number of halogens is 1. The fourth-order valence-corrected chi connectivity index (χ4v) is 2.47. The summed E-state index contributed by atoms with van der Waals surface area (Å²) >= 11 is 6.37. The molecule has 1 unspecified atom stereocenters. The lowest BCUT2D eigenvalue weighted by atomic mass is 9.87. The monoisotopic (exact) mass is 267 g/mol. The topological polar surface area (TPSA) is 12.0 Å². The second-order valence-electron chi connectivity index (χ2n) is 6.23. The highest BCUT2D eigenvalue weighted by atomic mass is 35.5. The summed E-state index contributed by atoms with van der Waals surface area (Å²) in [6.45, 7) is 12.0. The Kier molecular flexibility index (Phi) is 5.68. The molecule has 0 radical (unpaired) electrons. The van der Waals surface area contributed by atoms with Gasteiger partial charge in [-0.1, -0.05) is 51.4 Å². The third-order valence-electron chi connectivity index (χ3n) is 3.16. The van der Waals surface area contributed by atoms with E-state index in [2.05, 4.69) is 58.1 Å². The molecule has 0 amide bonds. The van der Waals surface area contributed by atoms with Gasteiger partial charge in [-0.25, -0.2) is 0 Å². The molecule has 0 saturated heterocycles. The molecule has 0 aromatic heterocycles. The molecule has 0 heterocycles. The summed E-state index contributed by atoms with van der Waals surface area (Å²) in [7, 11) is 0. The Hall–Kier alpha value is -0.530. The Morgan fingerprint density at radius 1 is 1.28 bits per heavy atom. The zero-order chi connectivity index (χ0) is 13.8. The SMILES string of the molecule is CCNC(CCC(C)(C)C)c1ccc(C)cc1Cl. The van der Waals surface area contributed by atoms with Crippen molar-refractivity contribution in [3.05, 3.63) is 34.3 Å². The number of nitrogens with one attached hydrogen (secondary N) is 1. The van der Waals surface area contributed by atoms with E-state index in [1.165, 1.54) is 17.5 Å². The smallest absolute Gasteiger partial charge is 0.0456 e. The molecule has 1 atom stereocenters. The molecule has 0 aliphatic carbocycles. The van der Waals surface area contributed by atoms with Crippen LogP contribution in [0.1, 0.15) is 57.7 Å². The van der Waals surface area contributed by atoms with Crippen LogP contribution in [-0.4, -0.2) is 6.54 Å². The van der Waals surface area contributed by atoms with Crippen LogP contribution in [0.3, 0.4) is 0 Å². The average Bonchev–Trinajstić information content (AvgIpc) is 2.24. The van der Waals surface area contributed by atoms with E-state index in [4.69, 9.17) is 11.6 Å². The van der Waals surface area contributed by atoms with Crippen LogP contribution in [0.2, 0.25) is 5.02 Å². The van der Waals surface area contributed by atoms with Gasteiger partial charge in [0, 0.05) is 11.1 Å². The summed E-state index contributed by atoms with van der Waals surface area (Å²) in [5.41, 5.74) is 2.81. The summed E-state index contributed by atoms with van der Waals surface area (Å²) in [5, 5.41) is 4.43. The van der Waals surface area contributed by atoms with Gasteiger partial charge in [-0.3, -0.25) is 0 Å². The van der Waals surface area contributed by atoms with E-state index in [-0.39, 0.29) is 0 Å². The molecule has 1 nitrogen and oxygen atoms in total. The summed E-state index contributed by atoms with van der Waals surface area (Å²) in [6, 6.07) is 6.72. The minimum absolute atomic E-state index is 0.363. The highest BCUT2D eigenvalue weighted by molar-refractivity contribution is 6.31. The maximum atomic E-state index is 6.37. The van der Waals surface area contributed by atoms with Crippen LogP contribution in [0.15, 0.2) is 18.2 Å². The minimum Gasteiger partial charge on any atom is -0.310 e. The first kappa shape index (κ1) is 15.5. The normalized spacial score (nSPS) is 13.7. The zero-order valence-corrected chi connectivity index (χ0v) is 13.1. The van der Waals surface area contributed by atoms with E-state index in [0.717, 1.165) is 18.0 Å². The summed E-state index contributed by atoms with van der Waals surface area (Å²) in [5.74, 6) is 0. The maximum absolute atomic E-state index is 6.37. The molecule has 1 aromatic carbocycles. The van der Waals surface area contributed by atoms with Gasteiger partial charge in [0.25, 0.3) is 0 Å². The third kappa shape index (κ3) is 4.99. The van der Waals surface area contributed by atoms with Crippen molar-refractivity contribution >= 4 is 11.6 Å². The van der Waals surface area contributed by atoms with Crippen LogP contribution in [-0.2, 0) is 0 Å². The van der Waals surface area contributed by atoms with Crippen LogP contribution in [0, 0.1) is 12.3 Å². The summed E-state index contributed by atoms with van der Waals surface area (Å²) in [6.07, 6.45) is 2.31. The Labute approximate surface area is 117 Å². The van der Waals surface area contributed by atoms with Crippen LogP contribution in [0.5, 0.6) is 0 Å². The van der Waals surface area contributed by atoms with Gasteiger partial charge in [-0.2, -0.15) is 0 Å². The van der Waals surface area contributed by atoms with Crippen LogP contribution >= 0.6 is 11.6 Å². The van der Waals surface area contributed by atoms with Crippen molar-refractivity contribution in [3.8, 4) is 0 Å². The number of hydrogen-bond donors (Lipinski definition) is 1. The minimum atomic E-state index is 0.363. The number of hydrogen-bond acceptors (Lipinski definition) is 1. The quantitative estimate of drug-likeness (QED) is 0.780. The summed E-state index contributed by atoms with van der Waals surface area (Å²) < 4.78 is 0. The predicted molar refractivity (Wildman–Crippen MR) is 81.3 cm³/mol. The molecule has 1 aromatic rings. The van der Waals surface area contributed by atoms with E-state index in [9.17, 15) is 0 Å². The van der Waals surface area contributed by atoms with Gasteiger partial charge >= 0.3 is 0 Å². The van der Waals surface area contributed by atoms with Gasteiger partial charge in [0.2, 0.25) is 0 Å². The fourth-order valence-electron chi connectivity index (χ4n) is 2.11. The van der Waals surface area contributed by atoms with Gasteiger partial charge in [-0.05, 0) is 48.9 Å². The van der Waals surface area contributed by atoms with Crippen molar-refractivity contribution in [2.45, 2.75) is 53.5 Å². The number of rotatable bonds is 5. The highest BCUT2D eigenvalue weighted by Crippen LogP contribution is 2.31. The molecule has 1 N–H and O–H groups in total. The van der Waals surface area contributed by atoms with Gasteiger partial charge in [0.05, 0.1) is 0 Å². The maximum Gasteiger partial charge on any atom is 0.0456 e. The van der Waals surface area contributed by atoms with Crippen molar-refractivity contribution in [3.63, 3.8) is 0 Å². The standard InChI is InChI=1S/C16H26ClN/c1-6-18-15(9-10-16(3,4)5)13-8-7-12(2)11-14(13)17/h7-8,11,15,18H,6,9-10H2,1-5H3. The molecular weight excluding hydrogens is 242 g/mol. The molecule has 0 saturated carbocycles. The van der Waals surface area contributed by atoms with Crippen molar-refractivity contribution in [2.75, 3.05) is 6.54 Å². The van der Waals surface area contributed by atoms with Crippen molar-refractivity contribution in [1.29, 1.82) is 0 Å². The molecule has 18 heavy (non-hydrogen) atoms. The first-order valence-electron chi connectivity index (χ1n) is 6.83. The molecular formula is C16H26ClN. The second-order valence-corrected chi connectivity index (χ2v) is 6.64. The molecule has 102 valence electrons. The van der Waals surface area contributed by atoms with Gasteiger partial charge in [-0.15, -0.1) is 0 Å². The molecule has 1 rings (SSSR count). The molecule has 0 fully saturated rings. The Morgan fingerprint density at radius 3 is 2.44 bits per heavy atom.